The molecule has 0 aliphatic rings. The van der Waals surface area contributed by atoms with Crippen LogP contribution < -0.4 is 20.7 Å². The first-order valence-electron chi connectivity index (χ1n) is 14.4. The monoisotopic (exact) mass is 631 g/mol. The van der Waals surface area contributed by atoms with Crippen LogP contribution in [-0.4, -0.2) is 23.0 Å². The van der Waals surface area contributed by atoms with Crippen molar-refractivity contribution in [2.75, 3.05) is 10.6 Å². The standard InChI is InChI=1S/C37H30FN3O4S/c1-25(35(42)39-28-16-20-31(21-17-28)45-30-13-6-3-7-14-30)46-32-22-18-29(19-23-32)40-37(44)34(24-27-12-8-9-15-33(27)38)41-36(43)26-10-4-2-5-11-26/h2-25H,1H3,(H,39,42)(H,40,44)(H,41,43)/b34-24-. The van der Waals surface area contributed by atoms with Crippen molar-refractivity contribution >= 4 is 46.9 Å². The summed E-state index contributed by atoms with van der Waals surface area (Å²) in [4.78, 5) is 39.7. The van der Waals surface area contributed by atoms with Gasteiger partial charge in [-0.25, -0.2) is 4.39 Å². The first-order valence-corrected chi connectivity index (χ1v) is 15.3. The maximum atomic E-state index is 14.4. The summed E-state index contributed by atoms with van der Waals surface area (Å²) in [5, 5.41) is 7.85. The van der Waals surface area contributed by atoms with Crippen molar-refractivity contribution in [3.63, 3.8) is 0 Å². The van der Waals surface area contributed by atoms with E-state index in [-0.39, 0.29) is 17.2 Å². The van der Waals surface area contributed by atoms with E-state index in [1.807, 2.05) is 30.3 Å². The van der Waals surface area contributed by atoms with Gasteiger partial charge in [-0.3, -0.25) is 14.4 Å². The highest BCUT2D eigenvalue weighted by Crippen LogP contribution is 2.27. The van der Waals surface area contributed by atoms with Crippen LogP contribution in [0, 0.1) is 5.82 Å². The fourth-order valence-electron chi connectivity index (χ4n) is 4.24. The summed E-state index contributed by atoms with van der Waals surface area (Å²) in [6, 6.07) is 37.9. The maximum Gasteiger partial charge on any atom is 0.272 e. The van der Waals surface area contributed by atoms with Crippen LogP contribution in [-0.2, 0) is 9.59 Å². The van der Waals surface area contributed by atoms with E-state index >= 15 is 0 Å². The second-order valence-electron chi connectivity index (χ2n) is 10.1. The fraction of sp³-hybridized carbons (Fsp3) is 0.0541. The van der Waals surface area contributed by atoms with E-state index in [4.69, 9.17) is 4.74 Å². The molecule has 7 nitrogen and oxygen atoms in total. The number of halogens is 1. The van der Waals surface area contributed by atoms with Crippen LogP contribution in [0.25, 0.3) is 6.08 Å². The second kappa shape index (κ2) is 15.4. The molecule has 5 aromatic rings. The number of para-hydroxylation sites is 1. The van der Waals surface area contributed by atoms with Gasteiger partial charge in [-0.1, -0.05) is 54.6 Å². The van der Waals surface area contributed by atoms with Gasteiger partial charge in [-0.2, -0.15) is 0 Å². The minimum absolute atomic E-state index is 0.123. The van der Waals surface area contributed by atoms with E-state index in [9.17, 15) is 18.8 Å². The van der Waals surface area contributed by atoms with Crippen LogP contribution in [0.4, 0.5) is 15.8 Å². The third kappa shape index (κ3) is 8.93. The van der Waals surface area contributed by atoms with Gasteiger partial charge >= 0.3 is 0 Å². The Morgan fingerprint density at radius 2 is 1.26 bits per heavy atom. The number of carbonyl (C=O) groups excluding carboxylic acids is 3. The maximum absolute atomic E-state index is 14.4. The highest BCUT2D eigenvalue weighted by molar-refractivity contribution is 8.00. The lowest BCUT2D eigenvalue weighted by atomic mass is 10.1. The van der Waals surface area contributed by atoms with Gasteiger partial charge in [0.25, 0.3) is 11.8 Å². The summed E-state index contributed by atoms with van der Waals surface area (Å²) in [6.45, 7) is 1.80. The van der Waals surface area contributed by atoms with Gasteiger partial charge < -0.3 is 20.7 Å². The number of nitrogens with one attached hydrogen (secondary N) is 3. The Kier molecular flexibility index (Phi) is 10.6. The molecule has 0 bridgehead atoms. The van der Waals surface area contributed by atoms with E-state index in [1.54, 1.807) is 97.9 Å². The zero-order valence-corrected chi connectivity index (χ0v) is 25.6. The molecule has 0 aliphatic heterocycles. The van der Waals surface area contributed by atoms with Crippen molar-refractivity contribution in [2.24, 2.45) is 0 Å². The Hall–Kier alpha value is -5.67. The smallest absolute Gasteiger partial charge is 0.272 e. The van der Waals surface area contributed by atoms with E-state index in [0.717, 1.165) is 10.6 Å². The van der Waals surface area contributed by atoms with Gasteiger partial charge in [0.15, 0.2) is 0 Å². The summed E-state index contributed by atoms with van der Waals surface area (Å²) in [6.07, 6.45) is 1.29. The summed E-state index contributed by atoms with van der Waals surface area (Å²) in [7, 11) is 0. The molecule has 1 unspecified atom stereocenters. The molecule has 46 heavy (non-hydrogen) atoms. The Morgan fingerprint density at radius 3 is 1.93 bits per heavy atom. The molecule has 0 radical (unpaired) electrons. The molecule has 0 aromatic heterocycles. The number of rotatable bonds is 11. The van der Waals surface area contributed by atoms with Crippen LogP contribution in [0.1, 0.15) is 22.8 Å². The molecule has 0 saturated carbocycles. The van der Waals surface area contributed by atoms with Crippen LogP contribution in [0.15, 0.2) is 144 Å². The molecule has 0 saturated heterocycles. The SMILES string of the molecule is CC(Sc1ccc(NC(=O)/C(=C/c2ccccc2F)NC(=O)c2ccccc2)cc1)C(=O)Nc1ccc(Oc2ccccc2)cc1. The minimum Gasteiger partial charge on any atom is -0.457 e. The topological polar surface area (TPSA) is 96.5 Å². The largest absolute Gasteiger partial charge is 0.457 e. The summed E-state index contributed by atoms with van der Waals surface area (Å²) in [5.41, 5.74) is 1.48. The average Bonchev–Trinajstić information content (AvgIpc) is 3.08. The molecular weight excluding hydrogens is 601 g/mol. The van der Waals surface area contributed by atoms with Gasteiger partial charge in [0.2, 0.25) is 5.91 Å². The van der Waals surface area contributed by atoms with Crippen molar-refractivity contribution in [1.29, 1.82) is 0 Å². The Bertz CT molecular complexity index is 1830. The first kappa shape index (κ1) is 31.7. The molecule has 0 spiro atoms. The van der Waals surface area contributed by atoms with Crippen molar-refractivity contribution < 1.29 is 23.5 Å². The summed E-state index contributed by atoms with van der Waals surface area (Å²) >= 11 is 1.36. The van der Waals surface area contributed by atoms with Gasteiger partial charge in [-0.15, -0.1) is 11.8 Å². The first-order chi connectivity index (χ1) is 22.3. The molecule has 0 fully saturated rings. The van der Waals surface area contributed by atoms with Crippen LogP contribution >= 0.6 is 11.8 Å². The Labute approximate surface area is 270 Å². The van der Waals surface area contributed by atoms with Crippen molar-refractivity contribution in [2.45, 2.75) is 17.1 Å². The number of thioether (sulfide) groups is 1. The molecule has 0 aliphatic carbocycles. The van der Waals surface area contributed by atoms with E-state index in [0.29, 0.717) is 22.7 Å². The Morgan fingerprint density at radius 1 is 0.696 bits per heavy atom. The number of benzene rings is 5. The van der Waals surface area contributed by atoms with Crippen molar-refractivity contribution in [1.82, 2.24) is 5.32 Å². The van der Waals surface area contributed by atoms with Gasteiger partial charge in [0, 0.05) is 27.4 Å². The lowest BCUT2D eigenvalue weighted by Crippen LogP contribution is -2.30. The molecule has 9 heteroatoms. The summed E-state index contributed by atoms with van der Waals surface area (Å²) < 4.78 is 20.2. The zero-order chi connectivity index (χ0) is 32.3. The van der Waals surface area contributed by atoms with Gasteiger partial charge in [-0.05, 0) is 91.9 Å². The molecule has 230 valence electrons. The fourth-order valence-corrected chi connectivity index (χ4v) is 5.11. The normalized spacial score (nSPS) is 11.7. The highest BCUT2D eigenvalue weighted by Gasteiger charge is 2.17. The number of amides is 3. The molecule has 0 heterocycles. The number of ether oxygens (including phenoxy) is 1. The molecule has 5 rings (SSSR count). The second-order valence-corrected chi connectivity index (χ2v) is 11.5. The van der Waals surface area contributed by atoms with E-state index in [2.05, 4.69) is 16.0 Å². The molecule has 5 aromatic carbocycles. The number of hydrogen-bond donors (Lipinski definition) is 3. The number of hydrogen-bond acceptors (Lipinski definition) is 5. The molecular formula is C37H30FN3O4S. The van der Waals surface area contributed by atoms with Crippen LogP contribution in [0.3, 0.4) is 0 Å². The predicted molar refractivity (Wildman–Crippen MR) is 180 cm³/mol. The van der Waals surface area contributed by atoms with E-state index < -0.39 is 22.9 Å². The lowest BCUT2D eigenvalue weighted by molar-refractivity contribution is -0.115. The quantitative estimate of drug-likeness (QED) is 0.101. The Balaban J connectivity index is 1.19. The third-order valence-corrected chi connectivity index (χ3v) is 7.74. The summed E-state index contributed by atoms with van der Waals surface area (Å²) in [5.74, 6) is -0.447. The van der Waals surface area contributed by atoms with Crippen LogP contribution in [0.2, 0.25) is 0 Å². The van der Waals surface area contributed by atoms with Gasteiger partial charge in [0.05, 0.1) is 5.25 Å². The highest BCUT2D eigenvalue weighted by atomic mass is 32.2. The molecule has 3 amide bonds. The third-order valence-electron chi connectivity index (χ3n) is 6.63. The van der Waals surface area contributed by atoms with Crippen LogP contribution in [0.5, 0.6) is 11.5 Å². The predicted octanol–water partition coefficient (Wildman–Crippen LogP) is 8.15. The number of anilines is 2. The van der Waals surface area contributed by atoms with Crippen molar-refractivity contribution in [3.8, 4) is 11.5 Å². The molecule has 3 N–H and O–H groups in total. The minimum atomic E-state index is -0.624. The van der Waals surface area contributed by atoms with E-state index in [1.165, 1.54) is 30.0 Å². The molecule has 1 atom stereocenters. The lowest BCUT2D eigenvalue weighted by Gasteiger charge is -2.14. The average molecular weight is 632 g/mol. The zero-order valence-electron chi connectivity index (χ0n) is 24.8. The number of carbonyl (C=O) groups is 3. The van der Waals surface area contributed by atoms with Gasteiger partial charge in [0.1, 0.15) is 23.0 Å². The van der Waals surface area contributed by atoms with Crippen molar-refractivity contribution in [3.05, 3.63) is 156 Å².